The summed E-state index contributed by atoms with van der Waals surface area (Å²) >= 11 is 0. The van der Waals surface area contributed by atoms with Crippen molar-refractivity contribution in [2.24, 2.45) is 11.1 Å². The molecule has 0 saturated heterocycles. The molecule has 1 aliphatic rings. The normalized spacial score (nSPS) is 20.5. The third-order valence-corrected chi connectivity index (χ3v) is 4.71. The van der Waals surface area contributed by atoms with Crippen molar-refractivity contribution in [3.05, 3.63) is 0 Å². The van der Waals surface area contributed by atoms with Crippen molar-refractivity contribution in [2.45, 2.75) is 84.6 Å². The molecule has 1 fully saturated rings. The third kappa shape index (κ3) is 5.43. The van der Waals surface area contributed by atoms with Crippen LogP contribution in [-0.4, -0.2) is 30.1 Å². The van der Waals surface area contributed by atoms with E-state index in [4.69, 9.17) is 5.73 Å². The Morgan fingerprint density at radius 1 is 1.00 bits per heavy atom. The quantitative estimate of drug-likeness (QED) is 0.732. The summed E-state index contributed by atoms with van der Waals surface area (Å²) in [5, 5.41) is 0. The summed E-state index contributed by atoms with van der Waals surface area (Å²) in [6.45, 7) is 12.6. The highest BCUT2D eigenvalue weighted by molar-refractivity contribution is 4.93. The van der Waals surface area contributed by atoms with Crippen molar-refractivity contribution in [2.75, 3.05) is 19.6 Å². The Hall–Kier alpha value is -0.0800. The maximum absolute atomic E-state index is 6.24. The van der Waals surface area contributed by atoms with E-state index in [-0.39, 0.29) is 0 Å². The lowest BCUT2D eigenvalue weighted by molar-refractivity contribution is 0.0661. The van der Waals surface area contributed by atoms with E-state index in [9.17, 15) is 0 Å². The predicted molar refractivity (Wildman–Crippen MR) is 85.4 cm³/mol. The fourth-order valence-electron chi connectivity index (χ4n) is 3.36. The smallest absolute Gasteiger partial charge is 0.0331 e. The van der Waals surface area contributed by atoms with E-state index < -0.39 is 0 Å². The van der Waals surface area contributed by atoms with Gasteiger partial charge in [0.2, 0.25) is 0 Å². The largest absolute Gasteiger partial charge is 0.329 e. The summed E-state index contributed by atoms with van der Waals surface area (Å²) in [5.41, 5.74) is 6.96. The number of rotatable bonds is 6. The second-order valence-corrected chi connectivity index (χ2v) is 7.64. The van der Waals surface area contributed by atoms with Crippen LogP contribution in [0.15, 0.2) is 0 Å². The number of nitrogens with two attached hydrogens (primary N) is 1. The lowest BCUT2D eigenvalue weighted by Crippen LogP contribution is -2.54. The minimum Gasteiger partial charge on any atom is -0.329 e. The van der Waals surface area contributed by atoms with E-state index >= 15 is 0 Å². The van der Waals surface area contributed by atoms with Crippen LogP contribution in [-0.2, 0) is 0 Å². The first-order chi connectivity index (χ1) is 8.93. The van der Waals surface area contributed by atoms with Crippen molar-refractivity contribution in [1.82, 2.24) is 4.90 Å². The van der Waals surface area contributed by atoms with Crippen LogP contribution in [0.2, 0.25) is 0 Å². The lowest BCUT2D eigenvalue weighted by Gasteiger charge is -2.44. The lowest BCUT2D eigenvalue weighted by atomic mass is 9.85. The molecular weight excluding hydrogens is 232 g/mol. The average Bonchev–Trinajstić information content (AvgIpc) is 2.59. The van der Waals surface area contributed by atoms with Crippen LogP contribution in [0.4, 0.5) is 0 Å². The van der Waals surface area contributed by atoms with Crippen LogP contribution in [0.5, 0.6) is 0 Å². The van der Waals surface area contributed by atoms with E-state index in [1.807, 2.05) is 0 Å². The first-order valence-corrected chi connectivity index (χ1v) is 8.39. The molecule has 0 radical (unpaired) electrons. The van der Waals surface area contributed by atoms with Crippen LogP contribution in [0.3, 0.4) is 0 Å². The summed E-state index contributed by atoms with van der Waals surface area (Å²) < 4.78 is 0. The van der Waals surface area contributed by atoms with Crippen molar-refractivity contribution < 1.29 is 0 Å². The van der Waals surface area contributed by atoms with Gasteiger partial charge in [-0.25, -0.2) is 0 Å². The van der Waals surface area contributed by atoms with Gasteiger partial charge < -0.3 is 5.73 Å². The molecule has 0 unspecified atom stereocenters. The molecule has 2 N–H and O–H groups in total. The molecule has 0 atom stereocenters. The molecule has 0 spiro atoms. The van der Waals surface area contributed by atoms with Gasteiger partial charge in [0.1, 0.15) is 0 Å². The zero-order valence-electron chi connectivity index (χ0n) is 13.8. The molecule has 0 aromatic carbocycles. The fraction of sp³-hybridized carbons (Fsp3) is 1.00. The van der Waals surface area contributed by atoms with Gasteiger partial charge in [0.25, 0.3) is 0 Å². The average molecular weight is 268 g/mol. The molecule has 19 heavy (non-hydrogen) atoms. The molecule has 2 heteroatoms. The van der Waals surface area contributed by atoms with Crippen LogP contribution >= 0.6 is 0 Å². The zero-order valence-corrected chi connectivity index (χ0v) is 13.8. The van der Waals surface area contributed by atoms with E-state index in [0.29, 0.717) is 11.0 Å². The van der Waals surface area contributed by atoms with E-state index in [0.717, 1.165) is 6.54 Å². The minimum absolute atomic E-state index is 0.303. The molecule has 1 rings (SSSR count). The number of nitrogens with zero attached hydrogens (tertiary/aromatic N) is 1. The van der Waals surface area contributed by atoms with E-state index in [1.54, 1.807) is 0 Å². The SMILES string of the molecule is CCCN(CCC(C)(C)C)C1(CN)CCCCCC1. The van der Waals surface area contributed by atoms with Gasteiger partial charge in [-0.1, -0.05) is 53.4 Å². The molecule has 2 nitrogen and oxygen atoms in total. The molecule has 1 saturated carbocycles. The predicted octanol–water partition coefficient (Wildman–Crippen LogP) is 4.19. The molecule has 0 bridgehead atoms. The van der Waals surface area contributed by atoms with Crippen molar-refractivity contribution >= 4 is 0 Å². The summed E-state index contributed by atoms with van der Waals surface area (Å²) in [6.07, 6.45) is 10.7. The Morgan fingerprint density at radius 3 is 2.00 bits per heavy atom. The Labute approximate surface area is 121 Å². The fourth-order valence-corrected chi connectivity index (χ4v) is 3.36. The first-order valence-electron chi connectivity index (χ1n) is 8.39. The highest BCUT2D eigenvalue weighted by atomic mass is 15.2. The molecule has 0 amide bonds. The van der Waals surface area contributed by atoms with Crippen LogP contribution < -0.4 is 5.73 Å². The Kier molecular flexibility index (Phi) is 6.82. The van der Waals surface area contributed by atoms with Gasteiger partial charge in [0.15, 0.2) is 0 Å². The molecule has 114 valence electrons. The van der Waals surface area contributed by atoms with Crippen molar-refractivity contribution in [3.63, 3.8) is 0 Å². The summed E-state index contributed by atoms with van der Waals surface area (Å²) in [6, 6.07) is 0. The molecule has 1 aliphatic carbocycles. The van der Waals surface area contributed by atoms with Gasteiger partial charge in [0.05, 0.1) is 0 Å². The van der Waals surface area contributed by atoms with Gasteiger partial charge in [-0.15, -0.1) is 0 Å². The van der Waals surface area contributed by atoms with Gasteiger partial charge in [0, 0.05) is 12.1 Å². The van der Waals surface area contributed by atoms with Gasteiger partial charge in [-0.3, -0.25) is 4.90 Å². The van der Waals surface area contributed by atoms with Crippen LogP contribution in [0.25, 0.3) is 0 Å². The summed E-state index contributed by atoms with van der Waals surface area (Å²) in [4.78, 5) is 2.74. The highest BCUT2D eigenvalue weighted by Gasteiger charge is 2.35. The van der Waals surface area contributed by atoms with E-state index in [2.05, 4.69) is 32.6 Å². The molecule has 0 heterocycles. The standard InChI is InChI=1S/C17H36N2/c1-5-13-19(14-12-16(2,3)4)17(15-18)10-8-6-7-9-11-17/h5-15,18H2,1-4H3. The summed E-state index contributed by atoms with van der Waals surface area (Å²) in [5.74, 6) is 0. The molecule has 0 aliphatic heterocycles. The number of hydrogen-bond acceptors (Lipinski definition) is 2. The first kappa shape index (κ1) is 17.0. The zero-order chi connectivity index (χ0) is 14.4. The van der Waals surface area contributed by atoms with E-state index in [1.165, 1.54) is 64.5 Å². The maximum Gasteiger partial charge on any atom is 0.0331 e. The molecule has 0 aromatic heterocycles. The van der Waals surface area contributed by atoms with Crippen LogP contribution in [0.1, 0.15) is 79.1 Å². The molecule has 0 aromatic rings. The second-order valence-electron chi connectivity index (χ2n) is 7.64. The van der Waals surface area contributed by atoms with Gasteiger partial charge >= 0.3 is 0 Å². The monoisotopic (exact) mass is 268 g/mol. The topological polar surface area (TPSA) is 29.3 Å². The molecular formula is C17H36N2. The Morgan fingerprint density at radius 2 is 1.58 bits per heavy atom. The van der Waals surface area contributed by atoms with Crippen LogP contribution in [0, 0.1) is 5.41 Å². The number of hydrogen-bond donors (Lipinski definition) is 1. The Bertz CT molecular complexity index is 234. The minimum atomic E-state index is 0.303. The second kappa shape index (κ2) is 7.64. The maximum atomic E-state index is 6.24. The van der Waals surface area contributed by atoms with Gasteiger partial charge in [-0.05, 0) is 44.2 Å². The summed E-state index contributed by atoms with van der Waals surface area (Å²) in [7, 11) is 0. The highest BCUT2D eigenvalue weighted by Crippen LogP contribution is 2.33. The van der Waals surface area contributed by atoms with Crippen molar-refractivity contribution in [1.29, 1.82) is 0 Å². The third-order valence-electron chi connectivity index (χ3n) is 4.71. The van der Waals surface area contributed by atoms with Crippen molar-refractivity contribution in [3.8, 4) is 0 Å². The van der Waals surface area contributed by atoms with Gasteiger partial charge in [-0.2, -0.15) is 0 Å². The Balaban J connectivity index is 2.74.